The number of fused-ring (bicyclic) bond motifs is 2. The summed E-state index contributed by atoms with van der Waals surface area (Å²) in [6, 6.07) is 10.7. The van der Waals surface area contributed by atoms with Crippen LogP contribution in [-0.2, 0) is 12.8 Å². The van der Waals surface area contributed by atoms with Gasteiger partial charge in [0.05, 0.1) is 0 Å². The fraction of sp³-hybridized carbons (Fsp3) is 0.286. The molecular formula is C21H24FN7. The predicted molar refractivity (Wildman–Crippen MR) is 113 cm³/mol. The van der Waals surface area contributed by atoms with Gasteiger partial charge in [-0.2, -0.15) is 0 Å². The molecule has 0 aliphatic rings. The van der Waals surface area contributed by atoms with E-state index < -0.39 is 0 Å². The van der Waals surface area contributed by atoms with Gasteiger partial charge in [-0.25, -0.2) is 4.39 Å². The smallest absolute Gasteiger partial charge is 0.190 e. The highest BCUT2D eigenvalue weighted by molar-refractivity contribution is 5.83. The molecule has 0 atom stereocenters. The Morgan fingerprint density at radius 3 is 2.93 bits per heavy atom. The number of nitrogens with one attached hydrogen (secondary N) is 3. The first-order valence-electron chi connectivity index (χ1n) is 9.73. The van der Waals surface area contributed by atoms with E-state index in [1.807, 2.05) is 35.0 Å². The Hall–Kier alpha value is -3.42. The van der Waals surface area contributed by atoms with E-state index in [1.165, 1.54) is 6.07 Å². The Bertz CT molecular complexity index is 1130. The summed E-state index contributed by atoms with van der Waals surface area (Å²) < 4.78 is 15.5. The lowest BCUT2D eigenvalue weighted by atomic mass is 10.1. The van der Waals surface area contributed by atoms with Crippen molar-refractivity contribution in [2.45, 2.75) is 19.3 Å². The van der Waals surface area contributed by atoms with Crippen LogP contribution in [0.2, 0.25) is 0 Å². The van der Waals surface area contributed by atoms with Gasteiger partial charge in [0.25, 0.3) is 0 Å². The molecule has 8 heteroatoms. The van der Waals surface area contributed by atoms with Crippen LogP contribution in [0.4, 0.5) is 4.39 Å². The zero-order valence-electron chi connectivity index (χ0n) is 16.3. The molecule has 0 aliphatic carbocycles. The van der Waals surface area contributed by atoms with Gasteiger partial charge in [-0.1, -0.05) is 6.07 Å². The highest BCUT2D eigenvalue weighted by atomic mass is 19.1. The molecule has 4 rings (SSSR count). The summed E-state index contributed by atoms with van der Waals surface area (Å²) in [5.74, 6) is 1.49. The van der Waals surface area contributed by atoms with E-state index >= 15 is 0 Å². The molecule has 1 aromatic carbocycles. The Morgan fingerprint density at radius 2 is 2.03 bits per heavy atom. The minimum Gasteiger partial charge on any atom is -0.361 e. The van der Waals surface area contributed by atoms with Gasteiger partial charge < -0.3 is 15.6 Å². The molecular weight excluding hydrogens is 369 g/mol. The fourth-order valence-electron chi connectivity index (χ4n) is 3.41. The van der Waals surface area contributed by atoms with Crippen molar-refractivity contribution in [3.63, 3.8) is 0 Å². The summed E-state index contributed by atoms with van der Waals surface area (Å²) in [5, 5.41) is 16.0. The lowest BCUT2D eigenvalue weighted by Gasteiger charge is -2.11. The standard InChI is InChI=1S/C21H24FN7/c1-23-21(24-10-4-6-20-28-27-19-5-2-3-12-29(19)20)25-11-9-15-14-26-18-8-7-16(22)13-17(15)18/h2-3,5,7-8,12-14,26H,4,6,9-11H2,1H3,(H2,23,24,25). The van der Waals surface area contributed by atoms with Crippen molar-refractivity contribution >= 4 is 22.5 Å². The van der Waals surface area contributed by atoms with Crippen molar-refractivity contribution in [2.75, 3.05) is 20.1 Å². The molecule has 3 N–H and O–H groups in total. The largest absolute Gasteiger partial charge is 0.361 e. The number of H-pyrrole nitrogens is 1. The highest BCUT2D eigenvalue weighted by Crippen LogP contribution is 2.19. The van der Waals surface area contributed by atoms with E-state index in [-0.39, 0.29) is 5.82 Å². The number of aromatic nitrogens is 4. The van der Waals surface area contributed by atoms with Crippen molar-refractivity contribution in [3.8, 4) is 0 Å². The molecule has 4 aromatic rings. The van der Waals surface area contributed by atoms with Crippen LogP contribution in [0.15, 0.2) is 53.8 Å². The van der Waals surface area contributed by atoms with Crippen LogP contribution in [0.5, 0.6) is 0 Å². The first kappa shape index (κ1) is 18.9. The lowest BCUT2D eigenvalue weighted by Crippen LogP contribution is -2.38. The quantitative estimate of drug-likeness (QED) is 0.256. The molecule has 150 valence electrons. The van der Waals surface area contributed by atoms with Crippen molar-refractivity contribution in [2.24, 2.45) is 4.99 Å². The number of aryl methyl sites for hydroxylation is 1. The molecule has 0 saturated heterocycles. The molecule has 0 unspecified atom stereocenters. The van der Waals surface area contributed by atoms with Crippen LogP contribution in [0, 0.1) is 5.82 Å². The van der Waals surface area contributed by atoms with Gasteiger partial charge in [0, 0.05) is 49.9 Å². The van der Waals surface area contributed by atoms with Crippen LogP contribution in [-0.4, -0.2) is 45.7 Å². The van der Waals surface area contributed by atoms with Crippen molar-refractivity contribution in [1.29, 1.82) is 0 Å². The topological polar surface area (TPSA) is 82.4 Å². The predicted octanol–water partition coefficient (Wildman–Crippen LogP) is 2.69. The van der Waals surface area contributed by atoms with Gasteiger partial charge >= 0.3 is 0 Å². The van der Waals surface area contributed by atoms with Crippen LogP contribution >= 0.6 is 0 Å². The van der Waals surface area contributed by atoms with Crippen molar-refractivity contribution in [1.82, 2.24) is 30.2 Å². The third-order valence-corrected chi connectivity index (χ3v) is 4.89. The van der Waals surface area contributed by atoms with Crippen LogP contribution < -0.4 is 10.6 Å². The van der Waals surface area contributed by atoms with E-state index in [1.54, 1.807) is 19.2 Å². The van der Waals surface area contributed by atoms with E-state index in [2.05, 4.69) is 30.8 Å². The maximum atomic E-state index is 13.5. The van der Waals surface area contributed by atoms with Gasteiger partial charge in [0.1, 0.15) is 11.6 Å². The molecule has 0 amide bonds. The third kappa shape index (κ3) is 4.37. The fourth-order valence-corrected chi connectivity index (χ4v) is 3.41. The minimum atomic E-state index is -0.218. The van der Waals surface area contributed by atoms with E-state index in [0.29, 0.717) is 6.54 Å². The van der Waals surface area contributed by atoms with E-state index in [9.17, 15) is 4.39 Å². The third-order valence-electron chi connectivity index (χ3n) is 4.89. The molecule has 0 spiro atoms. The Morgan fingerprint density at radius 1 is 1.14 bits per heavy atom. The number of benzene rings is 1. The summed E-state index contributed by atoms with van der Waals surface area (Å²) >= 11 is 0. The van der Waals surface area contributed by atoms with Crippen molar-refractivity contribution < 1.29 is 4.39 Å². The van der Waals surface area contributed by atoms with Crippen LogP contribution in [0.25, 0.3) is 16.6 Å². The minimum absolute atomic E-state index is 0.218. The summed E-state index contributed by atoms with van der Waals surface area (Å²) in [6.45, 7) is 1.48. The Kier molecular flexibility index (Phi) is 5.69. The number of guanidine groups is 1. The number of nitrogens with zero attached hydrogens (tertiary/aromatic N) is 4. The summed E-state index contributed by atoms with van der Waals surface area (Å²) in [5.41, 5.74) is 2.90. The van der Waals surface area contributed by atoms with E-state index in [4.69, 9.17) is 0 Å². The first-order chi connectivity index (χ1) is 14.2. The molecule has 29 heavy (non-hydrogen) atoms. The zero-order valence-corrected chi connectivity index (χ0v) is 16.3. The summed E-state index contributed by atoms with van der Waals surface area (Å²) in [6.07, 6.45) is 6.43. The second-order valence-corrected chi connectivity index (χ2v) is 6.83. The number of halogens is 1. The molecule has 0 fully saturated rings. The lowest BCUT2D eigenvalue weighted by molar-refractivity contribution is 0.629. The van der Waals surface area contributed by atoms with Gasteiger partial charge in [0.15, 0.2) is 11.6 Å². The van der Waals surface area contributed by atoms with Crippen molar-refractivity contribution in [3.05, 3.63) is 66.0 Å². The summed E-state index contributed by atoms with van der Waals surface area (Å²) in [7, 11) is 1.75. The maximum Gasteiger partial charge on any atom is 0.190 e. The normalized spacial score (nSPS) is 12.0. The van der Waals surface area contributed by atoms with Gasteiger partial charge in [0.2, 0.25) is 0 Å². The number of aromatic amines is 1. The Labute approximate surface area is 168 Å². The second kappa shape index (κ2) is 8.72. The number of pyridine rings is 1. The molecule has 0 bridgehead atoms. The molecule has 3 aromatic heterocycles. The zero-order chi connectivity index (χ0) is 20.1. The molecule has 0 saturated carbocycles. The number of hydrogen-bond donors (Lipinski definition) is 3. The molecule has 0 aliphatic heterocycles. The second-order valence-electron chi connectivity index (χ2n) is 6.83. The number of rotatable bonds is 7. The van der Waals surface area contributed by atoms with Crippen LogP contribution in [0.3, 0.4) is 0 Å². The first-order valence-corrected chi connectivity index (χ1v) is 9.73. The van der Waals surface area contributed by atoms with Gasteiger partial charge in [-0.15, -0.1) is 10.2 Å². The Balaban J connectivity index is 1.23. The number of aliphatic imine (C=N–C) groups is 1. The SMILES string of the molecule is CN=C(NCCCc1nnc2ccccn12)NCCc1c[nH]c2ccc(F)cc12. The number of hydrogen-bond acceptors (Lipinski definition) is 3. The highest BCUT2D eigenvalue weighted by Gasteiger charge is 2.06. The monoisotopic (exact) mass is 393 g/mol. The van der Waals surface area contributed by atoms with Gasteiger partial charge in [-0.05, 0) is 48.7 Å². The maximum absolute atomic E-state index is 13.5. The summed E-state index contributed by atoms with van der Waals surface area (Å²) in [4.78, 5) is 7.44. The molecule has 3 heterocycles. The molecule has 0 radical (unpaired) electrons. The van der Waals surface area contributed by atoms with Crippen LogP contribution in [0.1, 0.15) is 17.8 Å². The van der Waals surface area contributed by atoms with Gasteiger partial charge in [-0.3, -0.25) is 9.39 Å². The molecule has 7 nitrogen and oxygen atoms in total. The van der Waals surface area contributed by atoms with E-state index in [0.717, 1.165) is 59.7 Å². The average Bonchev–Trinajstić information content (AvgIpc) is 3.34. The average molecular weight is 393 g/mol.